The number of thioether (sulfide) groups is 1. The van der Waals surface area contributed by atoms with E-state index in [0.717, 1.165) is 21.6 Å². The van der Waals surface area contributed by atoms with E-state index in [-0.39, 0.29) is 11.2 Å². The molecule has 2 N–H and O–H groups in total. The van der Waals surface area contributed by atoms with Crippen LogP contribution in [0.5, 0.6) is 0 Å². The van der Waals surface area contributed by atoms with Crippen molar-refractivity contribution in [1.82, 2.24) is 10.2 Å². The molecule has 0 aliphatic carbocycles. The summed E-state index contributed by atoms with van der Waals surface area (Å²) in [6, 6.07) is 7.91. The predicted molar refractivity (Wildman–Crippen MR) is 89.2 cm³/mol. The van der Waals surface area contributed by atoms with Crippen molar-refractivity contribution in [2.75, 3.05) is 17.7 Å². The van der Waals surface area contributed by atoms with E-state index in [1.54, 1.807) is 7.05 Å². The van der Waals surface area contributed by atoms with Crippen LogP contribution in [-0.2, 0) is 11.2 Å². The highest BCUT2D eigenvalue weighted by Crippen LogP contribution is 2.29. The third kappa shape index (κ3) is 4.44. The normalized spacial score (nSPS) is 12.0. The summed E-state index contributed by atoms with van der Waals surface area (Å²) in [5.74, 6) is -0.0366. The summed E-state index contributed by atoms with van der Waals surface area (Å²) >= 11 is 2.85. The number of anilines is 2. The van der Waals surface area contributed by atoms with Gasteiger partial charge >= 0.3 is 0 Å². The van der Waals surface area contributed by atoms with E-state index in [9.17, 15) is 4.79 Å². The first-order valence-electron chi connectivity index (χ1n) is 6.70. The zero-order chi connectivity index (χ0) is 15.2. The number of hydrogen-bond donors (Lipinski definition) is 2. The molecule has 0 radical (unpaired) electrons. The molecule has 112 valence electrons. The fourth-order valence-electron chi connectivity index (χ4n) is 1.63. The van der Waals surface area contributed by atoms with Crippen molar-refractivity contribution in [3.05, 3.63) is 29.8 Å². The van der Waals surface area contributed by atoms with Gasteiger partial charge in [0.15, 0.2) is 4.34 Å². The Bertz CT molecular complexity index is 597. The minimum Gasteiger partial charge on any atom is -0.363 e. The Labute approximate surface area is 132 Å². The van der Waals surface area contributed by atoms with E-state index in [1.165, 1.54) is 28.7 Å². The minimum absolute atomic E-state index is 0.0366. The fraction of sp³-hybridized carbons (Fsp3) is 0.357. The van der Waals surface area contributed by atoms with Crippen molar-refractivity contribution in [2.45, 2.75) is 29.9 Å². The second kappa shape index (κ2) is 7.42. The Kier molecular flexibility index (Phi) is 5.58. The summed E-state index contributed by atoms with van der Waals surface area (Å²) in [6.45, 7) is 3.97. The van der Waals surface area contributed by atoms with Gasteiger partial charge in [-0.1, -0.05) is 42.2 Å². The van der Waals surface area contributed by atoms with Crippen molar-refractivity contribution in [3.8, 4) is 0 Å². The molecule has 0 saturated carbocycles. The van der Waals surface area contributed by atoms with E-state index >= 15 is 0 Å². The Morgan fingerprint density at radius 3 is 2.62 bits per heavy atom. The van der Waals surface area contributed by atoms with Crippen molar-refractivity contribution in [3.63, 3.8) is 0 Å². The molecule has 0 unspecified atom stereocenters. The number of aromatic nitrogens is 2. The highest BCUT2D eigenvalue weighted by atomic mass is 32.2. The standard InChI is InChI=1S/C14H18N4OS2/c1-4-10-5-7-11(8-6-10)16-12(19)9(2)20-14-18-17-13(15-3)21-14/h5-9H,4H2,1-3H3,(H,15,17)(H,16,19)/t9-/m0/s1. The number of rotatable bonds is 6. The van der Waals surface area contributed by atoms with Gasteiger partial charge in [0.05, 0.1) is 5.25 Å². The number of aryl methyl sites for hydroxylation is 1. The molecule has 1 amide bonds. The van der Waals surface area contributed by atoms with Gasteiger partial charge in [-0.2, -0.15) is 0 Å². The number of carbonyl (C=O) groups is 1. The van der Waals surface area contributed by atoms with Crippen molar-refractivity contribution in [2.24, 2.45) is 0 Å². The van der Waals surface area contributed by atoms with Crippen LogP contribution in [0.15, 0.2) is 28.6 Å². The summed E-state index contributed by atoms with van der Waals surface area (Å²) < 4.78 is 0.781. The molecule has 1 atom stereocenters. The molecule has 7 heteroatoms. The van der Waals surface area contributed by atoms with Gasteiger partial charge < -0.3 is 10.6 Å². The number of nitrogens with zero attached hydrogens (tertiary/aromatic N) is 2. The highest BCUT2D eigenvalue weighted by molar-refractivity contribution is 8.02. The molecule has 0 saturated heterocycles. The summed E-state index contributed by atoms with van der Waals surface area (Å²) in [5, 5.41) is 14.4. The van der Waals surface area contributed by atoms with Gasteiger partial charge in [0.1, 0.15) is 0 Å². The quantitative estimate of drug-likeness (QED) is 0.799. The molecule has 1 aromatic heterocycles. The average Bonchev–Trinajstić information content (AvgIpc) is 2.95. The summed E-state index contributed by atoms with van der Waals surface area (Å²) in [5.41, 5.74) is 2.07. The third-order valence-electron chi connectivity index (χ3n) is 2.90. The van der Waals surface area contributed by atoms with Crippen molar-refractivity contribution < 1.29 is 4.79 Å². The largest absolute Gasteiger partial charge is 0.363 e. The first-order chi connectivity index (χ1) is 10.1. The molecule has 2 aromatic rings. The molecule has 0 aliphatic rings. The first kappa shape index (κ1) is 15.8. The lowest BCUT2D eigenvalue weighted by molar-refractivity contribution is -0.115. The minimum atomic E-state index is -0.228. The average molecular weight is 322 g/mol. The zero-order valence-corrected chi connectivity index (χ0v) is 13.8. The maximum absolute atomic E-state index is 12.2. The van der Waals surface area contributed by atoms with Crippen LogP contribution in [0.3, 0.4) is 0 Å². The SMILES string of the molecule is CCc1ccc(NC(=O)[C@H](C)Sc2nnc(NC)s2)cc1. The molecule has 0 fully saturated rings. The lowest BCUT2D eigenvalue weighted by Gasteiger charge is -2.10. The molecule has 1 aromatic carbocycles. The maximum Gasteiger partial charge on any atom is 0.237 e. The van der Waals surface area contributed by atoms with Crippen LogP contribution in [0.25, 0.3) is 0 Å². The maximum atomic E-state index is 12.2. The van der Waals surface area contributed by atoms with E-state index in [1.807, 2.05) is 31.2 Å². The first-order valence-corrected chi connectivity index (χ1v) is 8.39. The van der Waals surface area contributed by atoms with Gasteiger partial charge in [0.25, 0.3) is 0 Å². The van der Waals surface area contributed by atoms with Crippen LogP contribution in [0.2, 0.25) is 0 Å². The lowest BCUT2D eigenvalue weighted by Crippen LogP contribution is -2.22. The van der Waals surface area contributed by atoms with Crippen LogP contribution in [0.1, 0.15) is 19.4 Å². The molecule has 1 heterocycles. The van der Waals surface area contributed by atoms with Gasteiger partial charge in [-0.05, 0) is 31.0 Å². The molecular weight excluding hydrogens is 304 g/mol. The second-order valence-corrected chi connectivity index (χ2v) is 6.99. The van der Waals surface area contributed by atoms with E-state index in [2.05, 4.69) is 27.8 Å². The number of amides is 1. The fourth-order valence-corrected chi connectivity index (χ4v) is 3.48. The zero-order valence-electron chi connectivity index (χ0n) is 12.2. The Morgan fingerprint density at radius 1 is 1.33 bits per heavy atom. The van der Waals surface area contributed by atoms with Gasteiger partial charge in [-0.15, -0.1) is 10.2 Å². The Hall–Kier alpha value is -1.60. The summed E-state index contributed by atoms with van der Waals surface area (Å²) in [4.78, 5) is 12.2. The molecule has 0 bridgehead atoms. The van der Waals surface area contributed by atoms with Crippen molar-refractivity contribution in [1.29, 1.82) is 0 Å². The van der Waals surface area contributed by atoms with Crippen molar-refractivity contribution >= 4 is 39.8 Å². The van der Waals surface area contributed by atoms with Gasteiger partial charge in [-0.3, -0.25) is 4.79 Å². The molecule has 5 nitrogen and oxygen atoms in total. The molecule has 2 rings (SSSR count). The highest BCUT2D eigenvalue weighted by Gasteiger charge is 2.17. The number of hydrogen-bond acceptors (Lipinski definition) is 6. The monoisotopic (exact) mass is 322 g/mol. The molecular formula is C14H18N4OS2. The molecule has 0 aliphatic heterocycles. The van der Waals surface area contributed by atoms with Gasteiger partial charge in [0, 0.05) is 12.7 Å². The Balaban J connectivity index is 1.92. The third-order valence-corrected chi connectivity index (χ3v) is 5.02. The smallest absolute Gasteiger partial charge is 0.237 e. The lowest BCUT2D eigenvalue weighted by atomic mass is 10.1. The number of nitrogens with one attached hydrogen (secondary N) is 2. The topological polar surface area (TPSA) is 66.9 Å². The van der Waals surface area contributed by atoms with Gasteiger partial charge in [0.2, 0.25) is 11.0 Å². The second-order valence-electron chi connectivity index (χ2n) is 4.42. The Morgan fingerprint density at radius 2 is 2.05 bits per heavy atom. The molecule has 21 heavy (non-hydrogen) atoms. The predicted octanol–water partition coefficient (Wildman–Crippen LogP) is 3.26. The number of benzene rings is 1. The van der Waals surface area contributed by atoms with Crippen LogP contribution in [0, 0.1) is 0 Å². The summed E-state index contributed by atoms with van der Waals surface area (Å²) in [6.07, 6.45) is 0.991. The van der Waals surface area contributed by atoms with E-state index in [0.29, 0.717) is 0 Å². The molecule has 0 spiro atoms. The van der Waals surface area contributed by atoms with Crippen LogP contribution >= 0.6 is 23.1 Å². The van der Waals surface area contributed by atoms with Crippen LogP contribution in [-0.4, -0.2) is 28.4 Å². The van der Waals surface area contributed by atoms with Gasteiger partial charge in [-0.25, -0.2) is 0 Å². The summed E-state index contributed by atoms with van der Waals surface area (Å²) in [7, 11) is 1.80. The van der Waals surface area contributed by atoms with Crippen LogP contribution < -0.4 is 10.6 Å². The van der Waals surface area contributed by atoms with Crippen LogP contribution in [0.4, 0.5) is 10.8 Å². The van der Waals surface area contributed by atoms with E-state index < -0.39 is 0 Å². The van der Waals surface area contributed by atoms with E-state index in [4.69, 9.17) is 0 Å². The number of carbonyl (C=O) groups excluding carboxylic acids is 1.